The molecule has 5 rings (SSSR count). The molecule has 1 aliphatic rings. The second-order valence-corrected chi connectivity index (χ2v) is 9.39. The normalized spacial score (nSPS) is 15.8. The van der Waals surface area contributed by atoms with Crippen LogP contribution in [0.1, 0.15) is 31.0 Å². The van der Waals surface area contributed by atoms with E-state index in [9.17, 15) is 9.90 Å². The van der Waals surface area contributed by atoms with Crippen LogP contribution in [0.15, 0.2) is 63.7 Å². The third-order valence-corrected chi connectivity index (χ3v) is 6.57. The van der Waals surface area contributed by atoms with Gasteiger partial charge in [0.1, 0.15) is 30.2 Å². The lowest BCUT2D eigenvalue weighted by atomic mass is 10.1. The van der Waals surface area contributed by atoms with Gasteiger partial charge in [0.15, 0.2) is 22.1 Å². The highest BCUT2D eigenvalue weighted by Crippen LogP contribution is 2.41. The highest BCUT2D eigenvalue weighted by molar-refractivity contribution is 8.02. The van der Waals surface area contributed by atoms with Crippen molar-refractivity contribution in [3.63, 3.8) is 0 Å². The number of amides is 1. The topological polar surface area (TPSA) is 151 Å². The lowest BCUT2D eigenvalue weighted by molar-refractivity contribution is -0.128. The first-order valence-electron chi connectivity index (χ1n) is 11.7. The highest BCUT2D eigenvalue weighted by Gasteiger charge is 2.28. The van der Waals surface area contributed by atoms with Gasteiger partial charge in [0, 0.05) is 24.2 Å². The summed E-state index contributed by atoms with van der Waals surface area (Å²) < 4.78 is 19.7. The summed E-state index contributed by atoms with van der Waals surface area (Å²) in [6.45, 7) is 4.19. The number of hydrogen-bond acceptors (Lipinski definition) is 10. The van der Waals surface area contributed by atoms with Gasteiger partial charge in [0.25, 0.3) is 6.29 Å². The number of nitrogens with zero attached hydrogens (tertiary/aromatic N) is 4. The van der Waals surface area contributed by atoms with Crippen molar-refractivity contribution < 1.29 is 23.8 Å². The number of aliphatic hydroxyl groups excluding tert-OH is 1. The Kier molecular flexibility index (Phi) is 7.01. The first-order chi connectivity index (χ1) is 17.9. The van der Waals surface area contributed by atoms with Gasteiger partial charge in [0.05, 0.1) is 0 Å². The molecule has 12 heteroatoms. The minimum Gasteiger partial charge on any atom is -0.461 e. The van der Waals surface area contributed by atoms with Crippen LogP contribution in [0.5, 0.6) is 0 Å². The van der Waals surface area contributed by atoms with E-state index in [2.05, 4.69) is 20.3 Å². The van der Waals surface area contributed by atoms with Crippen molar-refractivity contribution in [1.29, 1.82) is 0 Å². The molecule has 2 atom stereocenters. The van der Waals surface area contributed by atoms with E-state index in [4.69, 9.17) is 19.6 Å². The Bertz CT molecular complexity index is 1460. The summed E-state index contributed by atoms with van der Waals surface area (Å²) in [7, 11) is 0. The summed E-state index contributed by atoms with van der Waals surface area (Å²) in [5.41, 5.74) is 8.82. The van der Waals surface area contributed by atoms with Crippen molar-refractivity contribution in [3.05, 3.63) is 65.4 Å². The van der Waals surface area contributed by atoms with E-state index in [1.54, 1.807) is 6.26 Å². The lowest BCUT2D eigenvalue weighted by Crippen LogP contribution is -2.33. The number of imidazole rings is 1. The van der Waals surface area contributed by atoms with E-state index >= 15 is 0 Å². The highest BCUT2D eigenvalue weighted by atomic mass is 32.2. The number of hydrogen-bond donors (Lipinski definition) is 3. The molecule has 0 fully saturated rings. The zero-order chi connectivity index (χ0) is 25.9. The lowest BCUT2D eigenvalue weighted by Gasteiger charge is -2.15. The Labute approximate surface area is 216 Å². The van der Waals surface area contributed by atoms with Crippen LogP contribution in [0.25, 0.3) is 22.5 Å². The van der Waals surface area contributed by atoms with E-state index in [-0.39, 0.29) is 5.82 Å². The maximum absolute atomic E-state index is 11.7. The molecule has 4 heterocycles. The number of aryl methyl sites for hydroxylation is 2. The van der Waals surface area contributed by atoms with Gasteiger partial charge in [-0.3, -0.25) is 4.79 Å². The molecular formula is C25H26N6O5S. The van der Waals surface area contributed by atoms with Gasteiger partial charge in [-0.05, 0) is 44.2 Å². The molecule has 1 amide bonds. The molecule has 0 saturated carbocycles. The summed E-state index contributed by atoms with van der Waals surface area (Å²) in [6, 6.07) is 11.6. The molecule has 0 saturated heterocycles. The number of thioether (sulfide) groups is 1. The second-order valence-electron chi connectivity index (χ2n) is 8.42. The van der Waals surface area contributed by atoms with Crippen molar-refractivity contribution in [2.75, 3.05) is 12.3 Å². The van der Waals surface area contributed by atoms with Crippen LogP contribution in [0.3, 0.4) is 0 Å². The van der Waals surface area contributed by atoms with Crippen LogP contribution in [0, 0.1) is 6.92 Å². The van der Waals surface area contributed by atoms with Gasteiger partial charge in [-0.15, -0.1) is 0 Å². The fourth-order valence-corrected chi connectivity index (χ4v) is 4.71. The average molecular weight is 523 g/mol. The molecular weight excluding hydrogens is 496 g/mol. The Morgan fingerprint density at radius 3 is 2.89 bits per heavy atom. The molecule has 192 valence electrons. The third kappa shape index (κ3) is 5.25. The molecule has 3 aromatic heterocycles. The standard InChI is InChI=1S/C25H26N6O5S/c1-14-8-9-18(35-14)16-6-3-4-7-17(16)24-34-12-19(36-24)37-25-30-20-21(26)28-13-29-22(20)31(25)11-5-10-27-23(33)15(2)32/h3-4,6-9,12-13,15,24,32H,5,10-11H2,1-2H3,(H,27,33)(H2,26,28,29). The number of benzene rings is 1. The Morgan fingerprint density at radius 1 is 1.27 bits per heavy atom. The molecule has 2 unspecified atom stereocenters. The fraction of sp³-hybridized carbons (Fsp3) is 0.280. The number of nitrogens with two attached hydrogens (primary N) is 1. The number of nitrogen functional groups attached to an aromatic ring is 1. The summed E-state index contributed by atoms with van der Waals surface area (Å²) >= 11 is 1.28. The quantitative estimate of drug-likeness (QED) is 0.279. The van der Waals surface area contributed by atoms with Crippen molar-refractivity contribution >= 4 is 34.7 Å². The van der Waals surface area contributed by atoms with Crippen molar-refractivity contribution in [1.82, 2.24) is 24.8 Å². The SMILES string of the molecule is Cc1ccc(-c2ccccc2C2OC=C(Sc3nc4c(N)ncnc4n3CCCNC(=O)C(C)O)O2)o1. The molecule has 37 heavy (non-hydrogen) atoms. The summed E-state index contributed by atoms with van der Waals surface area (Å²) in [5, 5.41) is 13.2. The predicted molar refractivity (Wildman–Crippen MR) is 137 cm³/mol. The molecule has 0 bridgehead atoms. The minimum atomic E-state index is -1.06. The molecule has 11 nitrogen and oxygen atoms in total. The Hall–Kier alpha value is -4.03. The fourth-order valence-electron chi connectivity index (χ4n) is 3.87. The summed E-state index contributed by atoms with van der Waals surface area (Å²) in [5.74, 6) is 1.40. The predicted octanol–water partition coefficient (Wildman–Crippen LogP) is 3.50. The van der Waals surface area contributed by atoms with Crippen LogP contribution < -0.4 is 11.1 Å². The van der Waals surface area contributed by atoms with Crippen LogP contribution >= 0.6 is 11.8 Å². The number of rotatable bonds is 9. The van der Waals surface area contributed by atoms with Gasteiger partial charge < -0.3 is 34.6 Å². The first kappa shape index (κ1) is 24.7. The van der Waals surface area contributed by atoms with E-state index in [1.165, 1.54) is 25.0 Å². The smallest absolute Gasteiger partial charge is 0.268 e. The van der Waals surface area contributed by atoms with E-state index in [1.807, 2.05) is 47.9 Å². The molecule has 4 aromatic rings. The van der Waals surface area contributed by atoms with E-state index < -0.39 is 18.3 Å². The summed E-state index contributed by atoms with van der Waals surface area (Å²) in [4.78, 5) is 24.7. The number of anilines is 1. The van der Waals surface area contributed by atoms with Gasteiger partial charge in [-0.1, -0.05) is 24.3 Å². The van der Waals surface area contributed by atoms with Gasteiger partial charge in [-0.25, -0.2) is 15.0 Å². The zero-order valence-corrected chi connectivity index (χ0v) is 21.1. The Balaban J connectivity index is 1.33. The van der Waals surface area contributed by atoms with Crippen LogP contribution in [0.2, 0.25) is 0 Å². The third-order valence-electron chi connectivity index (χ3n) is 5.69. The van der Waals surface area contributed by atoms with Gasteiger partial charge >= 0.3 is 0 Å². The van der Waals surface area contributed by atoms with Crippen molar-refractivity contribution in [2.24, 2.45) is 0 Å². The largest absolute Gasteiger partial charge is 0.461 e. The average Bonchev–Trinajstić information content (AvgIpc) is 3.61. The Morgan fingerprint density at radius 2 is 2.11 bits per heavy atom. The number of fused-ring (bicyclic) bond motifs is 1. The van der Waals surface area contributed by atoms with Gasteiger partial charge in [0.2, 0.25) is 11.0 Å². The molecule has 1 aliphatic heterocycles. The maximum Gasteiger partial charge on any atom is 0.268 e. The van der Waals surface area contributed by atoms with Crippen molar-refractivity contribution in [3.8, 4) is 11.3 Å². The monoisotopic (exact) mass is 522 g/mol. The molecule has 0 spiro atoms. The van der Waals surface area contributed by atoms with E-state index in [0.29, 0.717) is 40.9 Å². The minimum absolute atomic E-state index is 0.270. The number of carbonyl (C=O) groups is 1. The van der Waals surface area contributed by atoms with Gasteiger partial charge in [-0.2, -0.15) is 0 Å². The second kappa shape index (κ2) is 10.5. The zero-order valence-electron chi connectivity index (χ0n) is 20.2. The first-order valence-corrected chi connectivity index (χ1v) is 12.5. The molecule has 0 aliphatic carbocycles. The number of furan rings is 1. The summed E-state index contributed by atoms with van der Waals surface area (Å²) in [6.07, 6.45) is 1.81. The van der Waals surface area contributed by atoms with Crippen LogP contribution in [-0.4, -0.2) is 43.2 Å². The van der Waals surface area contributed by atoms with Crippen LogP contribution in [0.4, 0.5) is 5.82 Å². The number of ether oxygens (including phenoxy) is 2. The van der Waals surface area contributed by atoms with E-state index in [0.717, 1.165) is 22.6 Å². The number of aliphatic hydroxyl groups is 1. The number of carbonyl (C=O) groups excluding carboxylic acids is 1. The molecule has 0 radical (unpaired) electrons. The maximum atomic E-state index is 11.7. The molecule has 1 aromatic carbocycles. The number of aromatic nitrogens is 4. The number of nitrogens with one attached hydrogen (secondary N) is 1. The van der Waals surface area contributed by atoms with Crippen LogP contribution in [-0.2, 0) is 20.8 Å². The molecule has 4 N–H and O–H groups in total. The van der Waals surface area contributed by atoms with Crippen molar-refractivity contribution in [2.45, 2.75) is 44.4 Å².